The number of carbonyl (C=O) groups excluding carboxylic acids is 1. The van der Waals surface area contributed by atoms with Crippen LogP contribution in [0.15, 0.2) is 4.52 Å². The van der Waals surface area contributed by atoms with Crippen LogP contribution in [0.5, 0.6) is 0 Å². The van der Waals surface area contributed by atoms with Gasteiger partial charge in [0.15, 0.2) is 0 Å². The predicted molar refractivity (Wildman–Crippen MR) is 90.4 cm³/mol. The number of urea groups is 1. The van der Waals surface area contributed by atoms with Crippen LogP contribution in [-0.4, -0.2) is 34.8 Å². The Labute approximate surface area is 137 Å². The number of thioether (sulfide) groups is 1. The van der Waals surface area contributed by atoms with E-state index in [1.165, 1.54) is 6.42 Å². The van der Waals surface area contributed by atoms with E-state index in [1.54, 1.807) is 0 Å². The van der Waals surface area contributed by atoms with Crippen LogP contribution in [0.25, 0.3) is 0 Å². The van der Waals surface area contributed by atoms with Gasteiger partial charge in [0.25, 0.3) is 0 Å². The number of rotatable bonds is 7. The Hall–Kier alpha value is -1.17. The summed E-state index contributed by atoms with van der Waals surface area (Å²) in [4.78, 5) is 11.9. The molecule has 1 saturated carbocycles. The molecule has 2 N–H and O–H groups in total. The smallest absolute Gasteiger partial charge is 0.315 e. The minimum atomic E-state index is -0.0362. The summed E-state index contributed by atoms with van der Waals surface area (Å²) in [5, 5.41) is 10.7. The molecule has 22 heavy (non-hydrogen) atoms. The van der Waals surface area contributed by atoms with E-state index in [9.17, 15) is 4.79 Å². The zero-order chi connectivity index (χ0) is 15.9. The highest BCUT2D eigenvalue weighted by Crippen LogP contribution is 2.29. The molecule has 1 aliphatic carbocycles. The highest BCUT2D eigenvalue weighted by atomic mass is 32.2. The number of hydrogen-bond donors (Lipinski definition) is 2. The van der Waals surface area contributed by atoms with E-state index < -0.39 is 0 Å². The third-order valence-electron chi connectivity index (χ3n) is 4.19. The average Bonchev–Trinajstić information content (AvgIpc) is 3.04. The fourth-order valence-corrected chi connectivity index (χ4v) is 4.16. The summed E-state index contributed by atoms with van der Waals surface area (Å²) in [7, 11) is 0. The van der Waals surface area contributed by atoms with Crippen molar-refractivity contribution < 1.29 is 9.32 Å². The molecule has 0 bridgehead atoms. The number of nitrogens with one attached hydrogen (secondary N) is 2. The molecule has 2 rings (SSSR count). The summed E-state index contributed by atoms with van der Waals surface area (Å²) in [5.74, 6) is 2.04. The molecule has 5 nitrogen and oxygen atoms in total. The van der Waals surface area contributed by atoms with Crippen molar-refractivity contribution in [2.45, 2.75) is 64.2 Å². The summed E-state index contributed by atoms with van der Waals surface area (Å²) in [6, 6.07) is 0.303. The molecule has 1 heterocycles. The highest BCUT2D eigenvalue weighted by molar-refractivity contribution is 7.99. The Morgan fingerprint density at radius 3 is 2.91 bits per heavy atom. The van der Waals surface area contributed by atoms with Gasteiger partial charge < -0.3 is 15.2 Å². The molecule has 0 spiro atoms. The van der Waals surface area contributed by atoms with Crippen LogP contribution in [0.3, 0.4) is 0 Å². The van der Waals surface area contributed by atoms with Crippen molar-refractivity contribution in [3.63, 3.8) is 0 Å². The Morgan fingerprint density at radius 1 is 1.41 bits per heavy atom. The largest absolute Gasteiger partial charge is 0.361 e. The van der Waals surface area contributed by atoms with Gasteiger partial charge >= 0.3 is 6.03 Å². The fraction of sp³-hybridized carbons (Fsp3) is 0.750. The maximum Gasteiger partial charge on any atom is 0.315 e. The number of nitrogens with zero attached hydrogens (tertiary/aromatic N) is 1. The number of aryl methyl sites for hydroxylation is 2. The van der Waals surface area contributed by atoms with E-state index >= 15 is 0 Å². The minimum Gasteiger partial charge on any atom is -0.361 e. The first kappa shape index (κ1) is 17.2. The summed E-state index contributed by atoms with van der Waals surface area (Å²) >= 11 is 2.01. The molecule has 1 aromatic rings. The van der Waals surface area contributed by atoms with Crippen LogP contribution in [-0.2, 0) is 6.42 Å². The van der Waals surface area contributed by atoms with E-state index in [0.29, 0.717) is 12.6 Å². The van der Waals surface area contributed by atoms with Gasteiger partial charge in [-0.15, -0.1) is 0 Å². The van der Waals surface area contributed by atoms with Crippen LogP contribution < -0.4 is 10.6 Å². The van der Waals surface area contributed by atoms with Gasteiger partial charge in [-0.2, -0.15) is 11.8 Å². The van der Waals surface area contributed by atoms with E-state index in [0.717, 1.165) is 53.7 Å². The van der Waals surface area contributed by atoms with Gasteiger partial charge in [0, 0.05) is 23.4 Å². The van der Waals surface area contributed by atoms with E-state index in [4.69, 9.17) is 4.52 Å². The quantitative estimate of drug-likeness (QED) is 0.756. The number of aromatic nitrogens is 1. The van der Waals surface area contributed by atoms with Gasteiger partial charge in [0.05, 0.1) is 5.69 Å². The molecule has 1 fully saturated rings. The third-order valence-corrected chi connectivity index (χ3v) is 5.43. The Morgan fingerprint density at radius 2 is 2.23 bits per heavy atom. The summed E-state index contributed by atoms with van der Waals surface area (Å²) in [6.45, 7) is 6.75. The van der Waals surface area contributed by atoms with Crippen molar-refractivity contribution in [1.82, 2.24) is 15.8 Å². The lowest BCUT2D eigenvalue weighted by Gasteiger charge is -2.14. The number of amides is 2. The molecule has 124 valence electrons. The Bertz CT molecular complexity index is 470. The van der Waals surface area contributed by atoms with Crippen LogP contribution >= 0.6 is 11.8 Å². The molecule has 2 atom stereocenters. The van der Waals surface area contributed by atoms with Crippen molar-refractivity contribution in [3.8, 4) is 0 Å². The van der Waals surface area contributed by atoms with Crippen molar-refractivity contribution in [2.75, 3.05) is 12.3 Å². The second-order valence-corrected chi connectivity index (χ2v) is 7.47. The van der Waals surface area contributed by atoms with Crippen molar-refractivity contribution in [2.24, 2.45) is 0 Å². The second-order valence-electron chi connectivity index (χ2n) is 5.89. The van der Waals surface area contributed by atoms with Crippen LogP contribution in [0.2, 0.25) is 0 Å². The van der Waals surface area contributed by atoms with E-state index in [-0.39, 0.29) is 6.03 Å². The van der Waals surface area contributed by atoms with E-state index in [2.05, 4.69) is 22.7 Å². The second kappa shape index (κ2) is 8.46. The molecule has 0 aromatic carbocycles. The van der Waals surface area contributed by atoms with Crippen LogP contribution in [0, 0.1) is 13.8 Å². The summed E-state index contributed by atoms with van der Waals surface area (Å²) in [6.07, 6.45) is 5.21. The maximum atomic E-state index is 11.9. The number of hydrogen-bond acceptors (Lipinski definition) is 4. The van der Waals surface area contributed by atoms with Gasteiger partial charge in [-0.05, 0) is 51.7 Å². The first-order chi connectivity index (χ1) is 10.6. The van der Waals surface area contributed by atoms with Crippen molar-refractivity contribution >= 4 is 17.8 Å². The Balaban J connectivity index is 1.60. The topological polar surface area (TPSA) is 67.2 Å². The predicted octanol–water partition coefficient (Wildman–Crippen LogP) is 3.20. The van der Waals surface area contributed by atoms with Crippen molar-refractivity contribution in [1.29, 1.82) is 0 Å². The maximum absolute atomic E-state index is 11.9. The van der Waals surface area contributed by atoms with Gasteiger partial charge in [-0.3, -0.25) is 0 Å². The molecular weight excluding hydrogens is 298 g/mol. The first-order valence-electron chi connectivity index (χ1n) is 8.17. The molecule has 0 aliphatic heterocycles. The van der Waals surface area contributed by atoms with Crippen LogP contribution in [0.1, 0.15) is 49.6 Å². The van der Waals surface area contributed by atoms with Gasteiger partial charge in [-0.1, -0.05) is 12.1 Å². The Kier molecular flexibility index (Phi) is 6.61. The van der Waals surface area contributed by atoms with Gasteiger partial charge in [0.1, 0.15) is 5.76 Å². The monoisotopic (exact) mass is 325 g/mol. The average molecular weight is 325 g/mol. The minimum absolute atomic E-state index is 0.0362. The molecule has 6 heteroatoms. The lowest BCUT2D eigenvalue weighted by atomic mass is 10.1. The zero-order valence-electron chi connectivity index (χ0n) is 13.8. The summed E-state index contributed by atoms with van der Waals surface area (Å²) in [5.41, 5.74) is 2.12. The molecule has 1 aliphatic rings. The lowest BCUT2D eigenvalue weighted by Crippen LogP contribution is -2.41. The summed E-state index contributed by atoms with van der Waals surface area (Å²) < 4.78 is 5.14. The molecular formula is C16H27N3O2S. The first-order valence-corrected chi connectivity index (χ1v) is 9.22. The van der Waals surface area contributed by atoms with Crippen molar-refractivity contribution in [3.05, 3.63) is 17.0 Å². The third kappa shape index (κ3) is 4.93. The fourth-order valence-electron chi connectivity index (χ4n) is 3.02. The molecule has 0 unspecified atom stereocenters. The SMILES string of the molecule is CCS[C@@H]1CC[C@H](NC(=O)NCCCc2c(C)noc2C)C1. The normalized spacial score (nSPS) is 21.0. The molecule has 2 amide bonds. The molecule has 0 saturated heterocycles. The standard InChI is InChI=1S/C16H27N3O2S/c1-4-22-14-8-7-13(10-14)18-16(20)17-9-5-6-15-11(2)19-21-12(15)3/h13-14H,4-10H2,1-3H3,(H2,17,18,20)/t13-,14+/m0/s1. The van der Waals surface area contributed by atoms with Crippen LogP contribution in [0.4, 0.5) is 4.79 Å². The van der Waals surface area contributed by atoms with E-state index in [1.807, 2.05) is 25.6 Å². The zero-order valence-corrected chi connectivity index (χ0v) is 14.6. The molecule has 1 aromatic heterocycles. The van der Waals surface area contributed by atoms with Gasteiger partial charge in [0.2, 0.25) is 0 Å². The highest BCUT2D eigenvalue weighted by Gasteiger charge is 2.25. The number of carbonyl (C=O) groups is 1. The lowest BCUT2D eigenvalue weighted by molar-refractivity contribution is 0.237. The van der Waals surface area contributed by atoms with Gasteiger partial charge in [-0.25, -0.2) is 4.79 Å². The molecule has 0 radical (unpaired) electrons.